The largest absolute Gasteiger partial charge is 0.321 e. The van der Waals surface area contributed by atoms with Gasteiger partial charge in [0.05, 0.1) is 10.2 Å². The van der Waals surface area contributed by atoms with Crippen molar-refractivity contribution in [2.24, 2.45) is 5.92 Å². The van der Waals surface area contributed by atoms with Gasteiger partial charge in [-0.1, -0.05) is 25.2 Å². The van der Waals surface area contributed by atoms with Gasteiger partial charge in [-0.05, 0) is 43.9 Å². The van der Waals surface area contributed by atoms with E-state index in [2.05, 4.69) is 25.8 Å². The molecule has 4 rings (SSSR count). The molecule has 3 N–H and O–H groups in total. The molecule has 2 heterocycles. The van der Waals surface area contributed by atoms with Crippen LogP contribution in [0.1, 0.15) is 48.4 Å². The van der Waals surface area contributed by atoms with Crippen molar-refractivity contribution in [2.45, 2.75) is 39.5 Å². The van der Waals surface area contributed by atoms with Crippen LogP contribution in [0.4, 0.5) is 10.8 Å². The molecule has 1 aromatic carbocycles. The molecule has 2 amide bonds. The molecule has 0 spiro atoms. The Morgan fingerprint density at radius 2 is 2.00 bits per heavy atom. The molecular weight excluding hydrogens is 362 g/mol. The molecule has 1 aliphatic carbocycles. The number of aromatic amines is 1. The van der Waals surface area contributed by atoms with Gasteiger partial charge in [0.25, 0.3) is 5.91 Å². The summed E-state index contributed by atoms with van der Waals surface area (Å²) in [6.07, 6.45) is 4.05. The summed E-state index contributed by atoms with van der Waals surface area (Å²) in [6.45, 7) is 3.67. The minimum Gasteiger partial charge on any atom is -0.321 e. The topological polar surface area (TPSA) is 99.8 Å². The quantitative estimate of drug-likeness (QED) is 0.639. The molecule has 0 saturated carbocycles. The molecule has 0 atom stereocenters. The van der Waals surface area contributed by atoms with Crippen molar-refractivity contribution in [3.05, 3.63) is 35.2 Å². The number of aryl methyl sites for hydroxylation is 1. The molecule has 140 valence electrons. The lowest BCUT2D eigenvalue weighted by Crippen LogP contribution is -2.17. The highest BCUT2D eigenvalue weighted by Gasteiger charge is 2.22. The zero-order chi connectivity index (χ0) is 19.0. The smallest absolute Gasteiger partial charge is 0.276 e. The molecule has 0 unspecified atom stereocenters. The van der Waals surface area contributed by atoms with E-state index in [9.17, 15) is 9.59 Å². The van der Waals surface area contributed by atoms with Gasteiger partial charge < -0.3 is 10.6 Å². The number of thiazole rings is 1. The predicted octanol–water partition coefficient (Wildman–Crippen LogP) is 3.75. The number of nitrogens with one attached hydrogen (secondary N) is 3. The van der Waals surface area contributed by atoms with Crippen LogP contribution in [0.3, 0.4) is 0 Å². The highest BCUT2D eigenvalue weighted by molar-refractivity contribution is 7.22. The maximum Gasteiger partial charge on any atom is 0.276 e. The third kappa shape index (κ3) is 3.57. The first-order valence-electron chi connectivity index (χ1n) is 9.10. The first kappa shape index (κ1) is 17.7. The zero-order valence-electron chi connectivity index (χ0n) is 15.3. The zero-order valence-corrected chi connectivity index (χ0v) is 16.1. The Morgan fingerprint density at radius 3 is 2.81 bits per heavy atom. The number of amides is 2. The second kappa shape index (κ2) is 7.11. The predicted molar refractivity (Wildman–Crippen MR) is 106 cm³/mol. The first-order valence-corrected chi connectivity index (χ1v) is 9.92. The van der Waals surface area contributed by atoms with Crippen LogP contribution in [0.25, 0.3) is 10.2 Å². The van der Waals surface area contributed by atoms with Crippen molar-refractivity contribution in [3.63, 3.8) is 0 Å². The van der Waals surface area contributed by atoms with Gasteiger partial charge in [0.2, 0.25) is 5.91 Å². The number of carbonyl (C=O) groups excluding carboxylic acids is 2. The van der Waals surface area contributed by atoms with Crippen LogP contribution in [0.15, 0.2) is 18.2 Å². The van der Waals surface area contributed by atoms with Gasteiger partial charge in [0, 0.05) is 22.9 Å². The Kier molecular flexibility index (Phi) is 4.65. The lowest BCUT2D eigenvalue weighted by molar-refractivity contribution is -0.118. The number of nitrogens with zero attached hydrogens (tertiary/aromatic N) is 2. The second-order valence-electron chi connectivity index (χ2n) is 7.04. The van der Waals surface area contributed by atoms with Crippen LogP contribution in [-0.4, -0.2) is 27.0 Å². The van der Waals surface area contributed by atoms with Crippen molar-refractivity contribution in [1.29, 1.82) is 0 Å². The van der Waals surface area contributed by atoms with Crippen LogP contribution >= 0.6 is 11.3 Å². The molecule has 0 radical (unpaired) electrons. The number of fused-ring (bicyclic) bond motifs is 2. The minimum atomic E-state index is -0.211. The standard InChI is InChI=1S/C19H21N5O2S/c1-10(2)17(25)22-19-21-14-9-11(7-8-15(14)27-19)20-18(26)16-12-5-3-4-6-13(12)23-24-16/h7-10H,3-6H2,1-2H3,(H,20,26)(H,23,24)(H,21,22,25). The number of anilines is 2. The van der Waals surface area contributed by atoms with Gasteiger partial charge in [-0.3, -0.25) is 14.7 Å². The van der Waals surface area contributed by atoms with Crippen molar-refractivity contribution in [2.75, 3.05) is 10.6 Å². The lowest BCUT2D eigenvalue weighted by atomic mass is 9.96. The fourth-order valence-corrected chi connectivity index (χ4v) is 4.02. The van der Waals surface area contributed by atoms with Gasteiger partial charge in [0.15, 0.2) is 10.8 Å². The number of carbonyl (C=O) groups is 2. The Labute approximate surface area is 160 Å². The van der Waals surface area contributed by atoms with Crippen molar-refractivity contribution >= 4 is 44.2 Å². The monoisotopic (exact) mass is 383 g/mol. The summed E-state index contributed by atoms with van der Waals surface area (Å²) in [6, 6.07) is 5.55. The Morgan fingerprint density at radius 1 is 1.19 bits per heavy atom. The molecule has 0 saturated heterocycles. The van der Waals surface area contributed by atoms with E-state index in [4.69, 9.17) is 0 Å². The number of hydrogen-bond donors (Lipinski definition) is 3. The Hall–Kier alpha value is -2.74. The van der Waals surface area contributed by atoms with E-state index in [0.717, 1.165) is 47.2 Å². The van der Waals surface area contributed by atoms with Crippen LogP contribution in [0.2, 0.25) is 0 Å². The van der Waals surface area contributed by atoms with E-state index in [0.29, 0.717) is 16.5 Å². The summed E-state index contributed by atoms with van der Waals surface area (Å²) in [5.41, 5.74) is 3.99. The van der Waals surface area contributed by atoms with E-state index in [-0.39, 0.29) is 17.7 Å². The Balaban J connectivity index is 1.53. The maximum atomic E-state index is 12.6. The Bertz CT molecular complexity index is 1020. The van der Waals surface area contributed by atoms with Crippen LogP contribution in [0, 0.1) is 5.92 Å². The summed E-state index contributed by atoms with van der Waals surface area (Å²) in [4.78, 5) is 28.9. The average molecular weight is 383 g/mol. The molecule has 1 aliphatic rings. The average Bonchev–Trinajstić information content (AvgIpc) is 3.24. The number of hydrogen-bond acceptors (Lipinski definition) is 5. The SMILES string of the molecule is CC(C)C(=O)Nc1nc2cc(NC(=O)c3n[nH]c4c3CCCC4)ccc2s1. The third-order valence-electron chi connectivity index (χ3n) is 4.67. The number of benzene rings is 1. The molecule has 2 aromatic heterocycles. The molecule has 0 bridgehead atoms. The molecule has 0 fully saturated rings. The first-order chi connectivity index (χ1) is 13.0. The molecule has 8 heteroatoms. The van der Waals surface area contributed by atoms with Crippen LogP contribution in [-0.2, 0) is 17.6 Å². The molecule has 27 heavy (non-hydrogen) atoms. The maximum absolute atomic E-state index is 12.6. The van der Waals surface area contributed by atoms with Gasteiger partial charge >= 0.3 is 0 Å². The van der Waals surface area contributed by atoms with E-state index >= 15 is 0 Å². The van der Waals surface area contributed by atoms with Gasteiger partial charge in [-0.2, -0.15) is 5.10 Å². The minimum absolute atomic E-state index is 0.0640. The van der Waals surface area contributed by atoms with Gasteiger partial charge in [-0.25, -0.2) is 4.98 Å². The third-order valence-corrected chi connectivity index (χ3v) is 5.62. The van der Waals surface area contributed by atoms with Crippen LogP contribution < -0.4 is 10.6 Å². The van der Waals surface area contributed by atoms with Crippen LogP contribution in [0.5, 0.6) is 0 Å². The highest BCUT2D eigenvalue weighted by Crippen LogP contribution is 2.29. The van der Waals surface area contributed by atoms with E-state index in [1.165, 1.54) is 11.3 Å². The van der Waals surface area contributed by atoms with Gasteiger partial charge in [-0.15, -0.1) is 0 Å². The molecular formula is C19H21N5O2S. The molecule has 0 aliphatic heterocycles. The second-order valence-corrected chi connectivity index (χ2v) is 8.07. The van der Waals surface area contributed by atoms with Gasteiger partial charge in [0.1, 0.15) is 0 Å². The molecule has 3 aromatic rings. The summed E-state index contributed by atoms with van der Waals surface area (Å²) >= 11 is 1.41. The summed E-state index contributed by atoms with van der Waals surface area (Å²) in [7, 11) is 0. The lowest BCUT2D eigenvalue weighted by Gasteiger charge is -2.11. The normalized spacial score (nSPS) is 13.6. The van der Waals surface area contributed by atoms with E-state index < -0.39 is 0 Å². The number of rotatable bonds is 4. The summed E-state index contributed by atoms with van der Waals surface area (Å²) in [5.74, 6) is -0.380. The van der Waals surface area contributed by atoms with Crippen molar-refractivity contribution in [1.82, 2.24) is 15.2 Å². The fraction of sp³-hybridized carbons (Fsp3) is 0.368. The highest BCUT2D eigenvalue weighted by atomic mass is 32.1. The summed E-state index contributed by atoms with van der Waals surface area (Å²) < 4.78 is 0.948. The van der Waals surface area contributed by atoms with Crippen molar-refractivity contribution in [3.8, 4) is 0 Å². The molecule has 7 nitrogen and oxygen atoms in total. The number of aromatic nitrogens is 3. The van der Waals surface area contributed by atoms with E-state index in [1.54, 1.807) is 0 Å². The number of H-pyrrole nitrogens is 1. The fourth-order valence-electron chi connectivity index (χ4n) is 3.17. The van der Waals surface area contributed by atoms with Crippen molar-refractivity contribution < 1.29 is 9.59 Å². The summed E-state index contributed by atoms with van der Waals surface area (Å²) in [5, 5.41) is 13.5. The van der Waals surface area contributed by atoms with E-state index in [1.807, 2.05) is 32.0 Å².